The molecule has 14 heavy (non-hydrogen) atoms. The minimum Gasteiger partial charge on any atom is -0.370 e. The average Bonchev–Trinajstić information content (AvgIpc) is 2.10. The molecule has 1 aromatic rings. The van der Waals surface area contributed by atoms with Crippen LogP contribution in [0.2, 0.25) is 0 Å². The first-order valence-corrected chi connectivity index (χ1v) is 4.94. The fraction of sp³-hybridized carbons (Fsp3) is 0.222. The second-order valence-electron chi connectivity index (χ2n) is 2.64. The van der Waals surface area contributed by atoms with Crippen molar-refractivity contribution in [3.05, 3.63) is 29.8 Å². The molecule has 0 saturated carbocycles. The van der Waals surface area contributed by atoms with Crippen LogP contribution in [0, 0.1) is 11.6 Å². The molecule has 0 aliphatic carbocycles. The SMILES string of the molecule is NC(=O)CCSc1cc(F)ccc1F. The zero-order chi connectivity index (χ0) is 10.6. The van der Waals surface area contributed by atoms with Gasteiger partial charge in [-0.25, -0.2) is 8.78 Å². The molecule has 0 unspecified atom stereocenters. The third-order valence-corrected chi connectivity index (χ3v) is 2.53. The van der Waals surface area contributed by atoms with E-state index in [0.29, 0.717) is 5.75 Å². The van der Waals surface area contributed by atoms with Crippen LogP contribution in [0.4, 0.5) is 8.78 Å². The van der Waals surface area contributed by atoms with Crippen molar-refractivity contribution >= 4 is 17.7 Å². The lowest BCUT2D eigenvalue weighted by Gasteiger charge is -2.01. The third kappa shape index (κ3) is 3.33. The van der Waals surface area contributed by atoms with Gasteiger partial charge in [-0.15, -0.1) is 11.8 Å². The number of amides is 1. The quantitative estimate of drug-likeness (QED) is 0.783. The Labute approximate surface area is 84.5 Å². The molecule has 0 aliphatic rings. The number of thioether (sulfide) groups is 1. The van der Waals surface area contributed by atoms with Crippen LogP contribution in [0.1, 0.15) is 6.42 Å². The Morgan fingerprint density at radius 3 is 2.79 bits per heavy atom. The Bertz CT molecular complexity index is 344. The first kappa shape index (κ1) is 11.0. The van der Waals surface area contributed by atoms with Crippen molar-refractivity contribution in [2.45, 2.75) is 11.3 Å². The van der Waals surface area contributed by atoms with Gasteiger partial charge in [-0.1, -0.05) is 0 Å². The summed E-state index contributed by atoms with van der Waals surface area (Å²) < 4.78 is 25.7. The number of carbonyl (C=O) groups is 1. The number of rotatable bonds is 4. The molecule has 1 rings (SSSR count). The molecule has 0 saturated heterocycles. The summed E-state index contributed by atoms with van der Waals surface area (Å²) in [5.74, 6) is -1.07. The van der Waals surface area contributed by atoms with Gasteiger partial charge < -0.3 is 5.73 Å². The van der Waals surface area contributed by atoms with Crippen molar-refractivity contribution in [2.24, 2.45) is 5.73 Å². The molecule has 2 N–H and O–H groups in total. The summed E-state index contributed by atoms with van der Waals surface area (Å²) in [4.78, 5) is 10.6. The van der Waals surface area contributed by atoms with E-state index >= 15 is 0 Å². The normalized spacial score (nSPS) is 10.1. The Morgan fingerprint density at radius 2 is 2.14 bits per heavy atom. The van der Waals surface area contributed by atoms with Crippen molar-refractivity contribution in [2.75, 3.05) is 5.75 Å². The van der Waals surface area contributed by atoms with Crippen molar-refractivity contribution in [3.8, 4) is 0 Å². The summed E-state index contributed by atoms with van der Waals surface area (Å²) >= 11 is 1.07. The van der Waals surface area contributed by atoms with Gasteiger partial charge in [0.25, 0.3) is 0 Å². The molecule has 1 aromatic carbocycles. The van der Waals surface area contributed by atoms with Gasteiger partial charge in [-0.05, 0) is 18.2 Å². The van der Waals surface area contributed by atoms with E-state index in [9.17, 15) is 13.6 Å². The van der Waals surface area contributed by atoms with E-state index in [-0.39, 0.29) is 11.3 Å². The number of hydrogen-bond donors (Lipinski definition) is 1. The second-order valence-corrected chi connectivity index (χ2v) is 3.78. The van der Waals surface area contributed by atoms with Crippen LogP contribution in [0.15, 0.2) is 23.1 Å². The van der Waals surface area contributed by atoms with E-state index in [0.717, 1.165) is 30.0 Å². The van der Waals surface area contributed by atoms with E-state index in [1.165, 1.54) is 0 Å². The molecule has 1 amide bonds. The minimum atomic E-state index is -0.493. The highest BCUT2D eigenvalue weighted by Crippen LogP contribution is 2.22. The van der Waals surface area contributed by atoms with E-state index in [4.69, 9.17) is 5.73 Å². The van der Waals surface area contributed by atoms with Gasteiger partial charge in [-0.2, -0.15) is 0 Å². The number of hydrogen-bond acceptors (Lipinski definition) is 2. The summed E-state index contributed by atoms with van der Waals surface area (Å²) in [7, 11) is 0. The number of halogens is 2. The third-order valence-electron chi connectivity index (χ3n) is 1.50. The van der Waals surface area contributed by atoms with E-state index in [1.54, 1.807) is 0 Å². The van der Waals surface area contributed by atoms with E-state index < -0.39 is 17.5 Å². The molecule has 0 atom stereocenters. The topological polar surface area (TPSA) is 43.1 Å². The molecule has 2 nitrogen and oxygen atoms in total. The van der Waals surface area contributed by atoms with Crippen LogP contribution in [0.25, 0.3) is 0 Å². The summed E-state index contributed by atoms with van der Waals surface area (Å²) in [6, 6.07) is 3.20. The van der Waals surface area contributed by atoms with Crippen LogP contribution >= 0.6 is 11.8 Å². The predicted molar refractivity (Wildman–Crippen MR) is 50.9 cm³/mol. The van der Waals surface area contributed by atoms with Gasteiger partial charge in [0.15, 0.2) is 0 Å². The minimum absolute atomic E-state index is 0.153. The maximum Gasteiger partial charge on any atom is 0.218 e. The molecular weight excluding hydrogens is 208 g/mol. The Morgan fingerprint density at radius 1 is 1.43 bits per heavy atom. The van der Waals surface area contributed by atoms with Crippen LogP contribution < -0.4 is 5.73 Å². The van der Waals surface area contributed by atoms with Gasteiger partial charge in [0.2, 0.25) is 5.91 Å². The highest BCUT2D eigenvalue weighted by Gasteiger charge is 2.04. The molecule has 0 radical (unpaired) electrons. The van der Waals surface area contributed by atoms with Gasteiger partial charge in [0, 0.05) is 17.1 Å². The monoisotopic (exact) mass is 217 g/mol. The fourth-order valence-corrected chi connectivity index (χ4v) is 1.77. The Balaban J connectivity index is 2.57. The predicted octanol–water partition coefficient (Wildman–Crippen LogP) is 1.93. The number of primary amides is 1. The van der Waals surface area contributed by atoms with Crippen molar-refractivity contribution < 1.29 is 13.6 Å². The molecule has 0 aliphatic heterocycles. The van der Waals surface area contributed by atoms with Crippen LogP contribution in [0.3, 0.4) is 0 Å². The van der Waals surface area contributed by atoms with Crippen molar-refractivity contribution in [1.82, 2.24) is 0 Å². The maximum absolute atomic E-state index is 13.0. The largest absolute Gasteiger partial charge is 0.370 e. The molecular formula is C9H9F2NOS. The molecule has 76 valence electrons. The van der Waals surface area contributed by atoms with E-state index in [1.807, 2.05) is 0 Å². The number of benzene rings is 1. The molecule has 0 aromatic heterocycles. The molecule has 5 heteroatoms. The summed E-state index contributed by atoms with van der Waals surface area (Å²) in [5.41, 5.74) is 4.90. The van der Waals surface area contributed by atoms with Gasteiger partial charge in [0.05, 0.1) is 0 Å². The summed E-state index contributed by atoms with van der Waals surface area (Å²) in [6.07, 6.45) is 0.153. The average molecular weight is 217 g/mol. The van der Waals surface area contributed by atoms with Crippen LogP contribution in [-0.2, 0) is 4.79 Å². The second kappa shape index (κ2) is 4.95. The zero-order valence-corrected chi connectivity index (χ0v) is 8.11. The van der Waals surface area contributed by atoms with E-state index in [2.05, 4.69) is 0 Å². The van der Waals surface area contributed by atoms with Crippen LogP contribution in [0.5, 0.6) is 0 Å². The lowest BCUT2D eigenvalue weighted by Crippen LogP contribution is -2.10. The summed E-state index contributed by atoms with van der Waals surface area (Å²) in [5, 5.41) is 0. The van der Waals surface area contributed by atoms with Gasteiger partial charge in [0.1, 0.15) is 11.6 Å². The number of carbonyl (C=O) groups excluding carboxylic acids is 1. The molecule has 0 fully saturated rings. The molecule has 0 spiro atoms. The van der Waals surface area contributed by atoms with Crippen LogP contribution in [-0.4, -0.2) is 11.7 Å². The molecule has 0 bridgehead atoms. The lowest BCUT2D eigenvalue weighted by atomic mass is 10.3. The lowest BCUT2D eigenvalue weighted by molar-refractivity contribution is -0.117. The van der Waals surface area contributed by atoms with Crippen molar-refractivity contribution in [1.29, 1.82) is 0 Å². The smallest absolute Gasteiger partial charge is 0.218 e. The zero-order valence-electron chi connectivity index (χ0n) is 7.30. The Kier molecular flexibility index (Phi) is 3.88. The maximum atomic E-state index is 13.0. The van der Waals surface area contributed by atoms with Crippen molar-refractivity contribution in [3.63, 3.8) is 0 Å². The first-order chi connectivity index (χ1) is 6.59. The summed E-state index contributed by atoms with van der Waals surface area (Å²) in [6.45, 7) is 0. The molecule has 0 heterocycles. The number of nitrogens with two attached hydrogens (primary N) is 1. The standard InChI is InChI=1S/C9H9F2NOS/c10-6-1-2-7(11)8(5-6)14-4-3-9(12)13/h1-2,5H,3-4H2,(H2,12,13). The highest BCUT2D eigenvalue weighted by atomic mass is 32.2. The Hall–Kier alpha value is -1.10. The van der Waals surface area contributed by atoms with Gasteiger partial charge >= 0.3 is 0 Å². The first-order valence-electron chi connectivity index (χ1n) is 3.96. The highest BCUT2D eigenvalue weighted by molar-refractivity contribution is 7.99. The fourth-order valence-electron chi connectivity index (χ4n) is 0.849. The van der Waals surface area contributed by atoms with Gasteiger partial charge in [-0.3, -0.25) is 4.79 Å².